The molecular formula is C14H13IN2O3. The summed E-state index contributed by atoms with van der Waals surface area (Å²) < 4.78 is 6.78. The van der Waals surface area contributed by atoms with Gasteiger partial charge in [0, 0.05) is 22.2 Å². The molecule has 0 aliphatic rings. The van der Waals surface area contributed by atoms with Gasteiger partial charge in [-0.15, -0.1) is 0 Å². The van der Waals surface area contributed by atoms with Crippen molar-refractivity contribution < 1.29 is 9.66 Å². The Kier molecular flexibility index (Phi) is 4.78. The topological polar surface area (TPSA) is 64.4 Å². The van der Waals surface area contributed by atoms with Crippen molar-refractivity contribution in [2.45, 2.75) is 6.61 Å². The molecule has 0 aliphatic carbocycles. The van der Waals surface area contributed by atoms with E-state index >= 15 is 0 Å². The molecule has 2 aromatic carbocycles. The highest BCUT2D eigenvalue weighted by Crippen LogP contribution is 2.28. The van der Waals surface area contributed by atoms with Crippen molar-refractivity contribution >= 4 is 34.0 Å². The Labute approximate surface area is 130 Å². The largest absolute Gasteiger partial charge is 0.489 e. The molecular weight excluding hydrogens is 371 g/mol. The number of nitrogens with zero attached hydrogens (tertiary/aromatic N) is 1. The molecule has 5 nitrogen and oxygen atoms in total. The van der Waals surface area contributed by atoms with E-state index in [0.29, 0.717) is 5.69 Å². The summed E-state index contributed by atoms with van der Waals surface area (Å²) >= 11 is 2.22. The summed E-state index contributed by atoms with van der Waals surface area (Å²) in [6.45, 7) is 0.276. The van der Waals surface area contributed by atoms with Crippen LogP contribution in [0.3, 0.4) is 0 Å². The monoisotopic (exact) mass is 384 g/mol. The number of nitro benzene ring substituents is 1. The van der Waals surface area contributed by atoms with Gasteiger partial charge in [-0.2, -0.15) is 0 Å². The molecule has 1 N–H and O–H groups in total. The highest BCUT2D eigenvalue weighted by Gasteiger charge is 2.16. The maximum Gasteiger partial charge on any atom is 0.292 e. The molecule has 0 atom stereocenters. The molecule has 0 bridgehead atoms. The zero-order chi connectivity index (χ0) is 14.5. The number of para-hydroxylation sites is 1. The third-order valence-corrected chi connectivity index (χ3v) is 3.50. The number of hydrogen-bond acceptors (Lipinski definition) is 4. The fourth-order valence-corrected chi connectivity index (χ4v) is 2.20. The first-order valence-corrected chi connectivity index (χ1v) is 7.02. The van der Waals surface area contributed by atoms with E-state index < -0.39 is 4.92 Å². The Balaban J connectivity index is 2.19. The minimum absolute atomic E-state index is 0.0520. The van der Waals surface area contributed by atoms with Crippen molar-refractivity contribution in [2.75, 3.05) is 12.4 Å². The average molecular weight is 384 g/mol. The number of ether oxygens (including phenoxy) is 1. The Morgan fingerprint density at radius 1 is 1.25 bits per heavy atom. The highest BCUT2D eigenvalue weighted by molar-refractivity contribution is 14.1. The van der Waals surface area contributed by atoms with Gasteiger partial charge in [-0.1, -0.05) is 12.1 Å². The van der Waals surface area contributed by atoms with Gasteiger partial charge in [0.1, 0.15) is 18.0 Å². The smallest absolute Gasteiger partial charge is 0.292 e. The lowest BCUT2D eigenvalue weighted by Gasteiger charge is -2.11. The minimum Gasteiger partial charge on any atom is -0.489 e. The van der Waals surface area contributed by atoms with Crippen LogP contribution in [0.5, 0.6) is 5.75 Å². The van der Waals surface area contributed by atoms with Crippen LogP contribution >= 0.6 is 22.6 Å². The van der Waals surface area contributed by atoms with Gasteiger partial charge in [-0.05, 0) is 46.9 Å². The van der Waals surface area contributed by atoms with E-state index in [2.05, 4.69) is 27.9 Å². The maximum absolute atomic E-state index is 11.0. The number of hydrogen-bond donors (Lipinski definition) is 1. The van der Waals surface area contributed by atoms with Gasteiger partial charge >= 0.3 is 0 Å². The Morgan fingerprint density at radius 2 is 1.95 bits per heavy atom. The highest BCUT2D eigenvalue weighted by atomic mass is 127. The van der Waals surface area contributed by atoms with Crippen LogP contribution in [0.15, 0.2) is 42.5 Å². The molecule has 0 saturated carbocycles. The lowest BCUT2D eigenvalue weighted by Crippen LogP contribution is -2.04. The number of nitro groups is 1. The van der Waals surface area contributed by atoms with Crippen molar-refractivity contribution in [2.24, 2.45) is 0 Å². The van der Waals surface area contributed by atoms with Gasteiger partial charge in [-0.25, -0.2) is 0 Å². The fraction of sp³-hybridized carbons (Fsp3) is 0.143. The summed E-state index contributed by atoms with van der Waals surface area (Å²) in [6, 6.07) is 12.6. The van der Waals surface area contributed by atoms with Gasteiger partial charge in [-0.3, -0.25) is 10.1 Å². The van der Waals surface area contributed by atoms with E-state index in [4.69, 9.17) is 4.74 Å². The van der Waals surface area contributed by atoms with Gasteiger partial charge < -0.3 is 10.1 Å². The van der Waals surface area contributed by atoms with E-state index in [1.807, 2.05) is 30.3 Å². The molecule has 0 heterocycles. The van der Waals surface area contributed by atoms with Crippen LogP contribution in [0.2, 0.25) is 0 Å². The van der Waals surface area contributed by atoms with Crippen LogP contribution in [0.4, 0.5) is 11.4 Å². The van der Waals surface area contributed by atoms with Crippen molar-refractivity contribution in [1.29, 1.82) is 0 Å². The first-order valence-electron chi connectivity index (χ1n) is 5.94. The Morgan fingerprint density at radius 3 is 2.55 bits per heavy atom. The first-order chi connectivity index (χ1) is 9.61. The van der Waals surface area contributed by atoms with E-state index in [0.717, 1.165) is 14.9 Å². The SMILES string of the molecule is CNc1c(COc2ccc(I)cc2)cccc1[N+](=O)[O-]. The number of halogens is 1. The summed E-state index contributed by atoms with van der Waals surface area (Å²) in [7, 11) is 1.66. The third-order valence-electron chi connectivity index (χ3n) is 2.78. The molecule has 0 amide bonds. The predicted molar refractivity (Wildman–Crippen MR) is 86.1 cm³/mol. The number of anilines is 1. The molecule has 0 aromatic heterocycles. The van der Waals surface area contributed by atoms with E-state index in [1.54, 1.807) is 13.1 Å². The Bertz CT molecular complexity index is 614. The van der Waals surface area contributed by atoms with Crippen LogP contribution in [0.25, 0.3) is 0 Å². The van der Waals surface area contributed by atoms with Crippen molar-refractivity contribution in [3.05, 3.63) is 61.7 Å². The second kappa shape index (κ2) is 6.56. The lowest BCUT2D eigenvalue weighted by atomic mass is 10.1. The summed E-state index contributed by atoms with van der Waals surface area (Å²) in [4.78, 5) is 10.6. The fourth-order valence-electron chi connectivity index (χ4n) is 1.84. The molecule has 0 spiro atoms. The van der Waals surface area contributed by atoms with Gasteiger partial charge in [0.2, 0.25) is 0 Å². The second-order valence-corrected chi connectivity index (χ2v) is 5.31. The lowest BCUT2D eigenvalue weighted by molar-refractivity contribution is -0.384. The predicted octanol–water partition coefficient (Wildman–Crippen LogP) is 3.82. The molecule has 0 radical (unpaired) electrons. The molecule has 0 fully saturated rings. The summed E-state index contributed by atoms with van der Waals surface area (Å²) in [5, 5.41) is 13.8. The first kappa shape index (κ1) is 14.6. The van der Waals surface area contributed by atoms with Crippen LogP contribution in [-0.2, 0) is 6.61 Å². The molecule has 0 aliphatic heterocycles. The zero-order valence-corrected chi connectivity index (χ0v) is 13.0. The molecule has 6 heteroatoms. The van der Waals surface area contributed by atoms with E-state index in [-0.39, 0.29) is 12.3 Å². The standard InChI is InChI=1S/C14H13IN2O3/c1-16-14-10(3-2-4-13(14)17(18)19)9-20-12-7-5-11(15)6-8-12/h2-8,16H,9H2,1H3. The minimum atomic E-state index is -0.403. The van der Waals surface area contributed by atoms with Crippen LogP contribution in [0, 0.1) is 13.7 Å². The summed E-state index contributed by atoms with van der Waals surface area (Å²) in [5.74, 6) is 0.735. The van der Waals surface area contributed by atoms with Crippen LogP contribution < -0.4 is 10.1 Å². The molecule has 2 aromatic rings. The van der Waals surface area contributed by atoms with E-state index in [9.17, 15) is 10.1 Å². The average Bonchev–Trinajstić information content (AvgIpc) is 2.46. The van der Waals surface area contributed by atoms with Gasteiger partial charge in [0.15, 0.2) is 0 Å². The summed E-state index contributed by atoms with van der Waals surface area (Å²) in [6.07, 6.45) is 0. The summed E-state index contributed by atoms with van der Waals surface area (Å²) in [5.41, 5.74) is 1.29. The molecule has 2 rings (SSSR count). The number of nitrogens with one attached hydrogen (secondary N) is 1. The number of rotatable bonds is 5. The maximum atomic E-state index is 11.0. The van der Waals surface area contributed by atoms with E-state index in [1.165, 1.54) is 6.07 Å². The van der Waals surface area contributed by atoms with Crippen molar-refractivity contribution in [1.82, 2.24) is 0 Å². The van der Waals surface area contributed by atoms with Crippen molar-refractivity contribution in [3.8, 4) is 5.75 Å². The molecule has 0 unspecified atom stereocenters. The normalized spacial score (nSPS) is 10.1. The van der Waals surface area contributed by atoms with Crippen LogP contribution in [0.1, 0.15) is 5.56 Å². The third kappa shape index (κ3) is 3.38. The number of benzene rings is 2. The van der Waals surface area contributed by atoms with Crippen molar-refractivity contribution in [3.63, 3.8) is 0 Å². The zero-order valence-electron chi connectivity index (χ0n) is 10.8. The quantitative estimate of drug-likeness (QED) is 0.484. The Hall–Kier alpha value is -1.83. The second-order valence-electron chi connectivity index (χ2n) is 4.06. The molecule has 104 valence electrons. The van der Waals surface area contributed by atoms with Crippen LogP contribution in [-0.4, -0.2) is 12.0 Å². The van der Waals surface area contributed by atoms with Gasteiger partial charge in [0.05, 0.1) is 4.92 Å². The van der Waals surface area contributed by atoms with Gasteiger partial charge in [0.25, 0.3) is 5.69 Å². The molecule has 20 heavy (non-hydrogen) atoms. The molecule has 0 saturated heterocycles.